The number of nitrogens with one attached hydrogen (secondary N) is 2. The summed E-state index contributed by atoms with van der Waals surface area (Å²) < 4.78 is 0.947. The Kier molecular flexibility index (Phi) is 6.01. The number of halogens is 1. The molecule has 4 heteroatoms. The second-order valence-electron chi connectivity index (χ2n) is 5.07. The summed E-state index contributed by atoms with van der Waals surface area (Å²) in [5.74, 6) is -0.0499. The normalized spacial score (nSPS) is 10.3. The van der Waals surface area contributed by atoms with Crippen LogP contribution in [0.1, 0.15) is 25.0 Å². The SMILES string of the molecule is CCc1cccc(CC)c1NCC(=O)Nc1cccc(Br)c1. The van der Waals surface area contributed by atoms with Crippen LogP contribution >= 0.6 is 15.9 Å². The lowest BCUT2D eigenvalue weighted by atomic mass is 10.0. The highest BCUT2D eigenvalue weighted by Gasteiger charge is 2.08. The predicted molar refractivity (Wildman–Crippen MR) is 96.5 cm³/mol. The molecule has 3 nitrogen and oxygen atoms in total. The Balaban J connectivity index is 2.02. The molecule has 2 aromatic rings. The zero-order valence-corrected chi connectivity index (χ0v) is 14.5. The molecule has 0 spiro atoms. The van der Waals surface area contributed by atoms with Crippen molar-refractivity contribution in [2.24, 2.45) is 0 Å². The van der Waals surface area contributed by atoms with Crippen LogP contribution in [-0.4, -0.2) is 12.5 Å². The summed E-state index contributed by atoms with van der Waals surface area (Å²) in [7, 11) is 0. The number of carbonyl (C=O) groups is 1. The largest absolute Gasteiger partial charge is 0.376 e. The van der Waals surface area contributed by atoms with Gasteiger partial charge in [-0.3, -0.25) is 4.79 Å². The van der Waals surface area contributed by atoms with E-state index in [-0.39, 0.29) is 12.5 Å². The molecule has 0 aromatic heterocycles. The maximum Gasteiger partial charge on any atom is 0.243 e. The number of benzene rings is 2. The zero-order chi connectivity index (χ0) is 15.9. The van der Waals surface area contributed by atoms with E-state index in [1.54, 1.807) is 0 Å². The van der Waals surface area contributed by atoms with E-state index in [9.17, 15) is 4.79 Å². The number of carbonyl (C=O) groups excluding carboxylic acids is 1. The average molecular weight is 361 g/mol. The lowest BCUT2D eigenvalue weighted by Gasteiger charge is -2.15. The van der Waals surface area contributed by atoms with E-state index in [0.717, 1.165) is 28.7 Å². The summed E-state index contributed by atoms with van der Waals surface area (Å²) in [4.78, 5) is 12.1. The lowest BCUT2D eigenvalue weighted by molar-refractivity contribution is -0.114. The molecule has 116 valence electrons. The van der Waals surface area contributed by atoms with Gasteiger partial charge in [0.2, 0.25) is 5.91 Å². The van der Waals surface area contributed by atoms with Gasteiger partial charge in [0.15, 0.2) is 0 Å². The van der Waals surface area contributed by atoms with Gasteiger partial charge < -0.3 is 10.6 Å². The van der Waals surface area contributed by atoms with Gasteiger partial charge in [0.25, 0.3) is 0 Å². The smallest absolute Gasteiger partial charge is 0.243 e. The van der Waals surface area contributed by atoms with Crippen molar-refractivity contribution in [3.05, 3.63) is 58.1 Å². The molecule has 1 amide bonds. The standard InChI is InChI=1S/C18H21BrN2O/c1-3-13-7-5-8-14(4-2)18(13)20-12-17(22)21-16-10-6-9-15(19)11-16/h5-11,20H,3-4,12H2,1-2H3,(H,21,22). The molecular weight excluding hydrogens is 340 g/mol. The monoisotopic (exact) mass is 360 g/mol. The molecule has 0 bridgehead atoms. The summed E-state index contributed by atoms with van der Waals surface area (Å²) in [6.45, 7) is 4.51. The minimum absolute atomic E-state index is 0.0499. The number of anilines is 2. The fraction of sp³-hybridized carbons (Fsp3) is 0.278. The molecule has 2 aromatic carbocycles. The Hall–Kier alpha value is -1.81. The topological polar surface area (TPSA) is 41.1 Å². The number of hydrogen-bond donors (Lipinski definition) is 2. The van der Waals surface area contributed by atoms with Crippen LogP contribution in [0.25, 0.3) is 0 Å². The first kappa shape index (κ1) is 16.6. The molecule has 22 heavy (non-hydrogen) atoms. The van der Waals surface area contributed by atoms with Crippen molar-refractivity contribution in [1.29, 1.82) is 0 Å². The van der Waals surface area contributed by atoms with Crippen LogP contribution < -0.4 is 10.6 Å². The van der Waals surface area contributed by atoms with Crippen molar-refractivity contribution >= 4 is 33.2 Å². The first-order chi connectivity index (χ1) is 10.6. The van der Waals surface area contributed by atoms with Gasteiger partial charge in [-0.05, 0) is 42.2 Å². The van der Waals surface area contributed by atoms with Crippen LogP contribution in [-0.2, 0) is 17.6 Å². The number of rotatable bonds is 6. The molecule has 0 saturated carbocycles. The molecule has 0 saturated heterocycles. The fourth-order valence-electron chi connectivity index (χ4n) is 2.41. The minimum atomic E-state index is -0.0499. The quantitative estimate of drug-likeness (QED) is 0.788. The van der Waals surface area contributed by atoms with Gasteiger partial charge >= 0.3 is 0 Å². The molecule has 0 aliphatic rings. The predicted octanol–water partition coefficient (Wildman–Crippen LogP) is 4.62. The van der Waals surface area contributed by atoms with E-state index in [1.165, 1.54) is 11.1 Å². The first-order valence-electron chi connectivity index (χ1n) is 7.54. The maximum absolute atomic E-state index is 12.1. The molecule has 0 atom stereocenters. The van der Waals surface area contributed by atoms with Crippen LogP contribution in [0.15, 0.2) is 46.9 Å². The summed E-state index contributed by atoms with van der Waals surface area (Å²) in [6.07, 6.45) is 1.90. The molecule has 0 fully saturated rings. The summed E-state index contributed by atoms with van der Waals surface area (Å²) in [5, 5.41) is 6.19. The van der Waals surface area contributed by atoms with Gasteiger partial charge in [-0.2, -0.15) is 0 Å². The number of para-hydroxylation sites is 1. The Morgan fingerprint density at radius 3 is 2.27 bits per heavy atom. The van der Waals surface area contributed by atoms with Crippen molar-refractivity contribution < 1.29 is 4.79 Å². The molecule has 2 rings (SSSR count). The van der Waals surface area contributed by atoms with Crippen LogP contribution in [0, 0.1) is 0 Å². The Morgan fingerprint density at radius 2 is 1.68 bits per heavy atom. The van der Waals surface area contributed by atoms with Gasteiger partial charge in [0.1, 0.15) is 0 Å². The summed E-state index contributed by atoms with van der Waals surface area (Å²) in [6, 6.07) is 13.9. The first-order valence-corrected chi connectivity index (χ1v) is 8.33. The van der Waals surface area contributed by atoms with Gasteiger partial charge in [-0.1, -0.05) is 54.0 Å². The number of aryl methyl sites for hydroxylation is 2. The molecular formula is C18H21BrN2O. The Morgan fingerprint density at radius 1 is 1.05 bits per heavy atom. The van der Waals surface area contributed by atoms with E-state index < -0.39 is 0 Å². The van der Waals surface area contributed by atoms with E-state index in [2.05, 4.69) is 58.6 Å². The second kappa shape index (κ2) is 7.99. The van der Waals surface area contributed by atoms with E-state index in [0.29, 0.717) is 0 Å². The number of hydrogen-bond acceptors (Lipinski definition) is 2. The number of amides is 1. The molecule has 2 N–H and O–H groups in total. The molecule has 0 radical (unpaired) electrons. The van der Waals surface area contributed by atoms with Crippen LogP contribution in [0.2, 0.25) is 0 Å². The summed E-state index contributed by atoms with van der Waals surface area (Å²) >= 11 is 3.40. The molecule has 0 aliphatic carbocycles. The van der Waals surface area contributed by atoms with E-state index >= 15 is 0 Å². The van der Waals surface area contributed by atoms with Crippen molar-refractivity contribution in [3.8, 4) is 0 Å². The van der Waals surface area contributed by atoms with Crippen molar-refractivity contribution in [1.82, 2.24) is 0 Å². The third kappa shape index (κ3) is 4.34. The molecule has 0 unspecified atom stereocenters. The Labute approximate surface area is 140 Å². The second-order valence-corrected chi connectivity index (χ2v) is 5.99. The Bertz CT molecular complexity index is 633. The van der Waals surface area contributed by atoms with Crippen LogP contribution in [0.3, 0.4) is 0 Å². The highest BCUT2D eigenvalue weighted by atomic mass is 79.9. The average Bonchev–Trinajstić information content (AvgIpc) is 2.52. The zero-order valence-electron chi connectivity index (χ0n) is 12.9. The van der Waals surface area contributed by atoms with Gasteiger partial charge in [-0.25, -0.2) is 0 Å². The highest BCUT2D eigenvalue weighted by molar-refractivity contribution is 9.10. The third-order valence-electron chi connectivity index (χ3n) is 3.53. The van der Waals surface area contributed by atoms with Crippen molar-refractivity contribution in [2.45, 2.75) is 26.7 Å². The van der Waals surface area contributed by atoms with E-state index in [1.807, 2.05) is 24.3 Å². The van der Waals surface area contributed by atoms with Crippen molar-refractivity contribution in [3.63, 3.8) is 0 Å². The highest BCUT2D eigenvalue weighted by Crippen LogP contribution is 2.22. The van der Waals surface area contributed by atoms with Crippen molar-refractivity contribution in [2.75, 3.05) is 17.2 Å². The van der Waals surface area contributed by atoms with Gasteiger partial charge in [-0.15, -0.1) is 0 Å². The lowest BCUT2D eigenvalue weighted by Crippen LogP contribution is -2.22. The van der Waals surface area contributed by atoms with E-state index in [4.69, 9.17) is 0 Å². The fourth-order valence-corrected chi connectivity index (χ4v) is 2.81. The minimum Gasteiger partial charge on any atom is -0.376 e. The van der Waals surface area contributed by atoms with Crippen LogP contribution in [0.4, 0.5) is 11.4 Å². The summed E-state index contributed by atoms with van der Waals surface area (Å²) in [5.41, 5.74) is 4.38. The van der Waals surface area contributed by atoms with Gasteiger partial charge in [0, 0.05) is 15.8 Å². The van der Waals surface area contributed by atoms with Gasteiger partial charge in [0.05, 0.1) is 6.54 Å². The molecule has 0 aliphatic heterocycles. The molecule has 0 heterocycles. The maximum atomic E-state index is 12.1. The van der Waals surface area contributed by atoms with Crippen LogP contribution in [0.5, 0.6) is 0 Å². The third-order valence-corrected chi connectivity index (χ3v) is 4.03.